The molecule has 0 aromatic heterocycles. The maximum atomic E-state index is 4.06. The van der Waals surface area contributed by atoms with Crippen molar-refractivity contribution in [3.8, 4) is 0 Å². The molecule has 0 aliphatic heterocycles. The first-order valence-corrected chi connectivity index (χ1v) is 4.86. The third-order valence-corrected chi connectivity index (χ3v) is 2.86. The van der Waals surface area contributed by atoms with Crippen LogP contribution in [0.2, 0.25) is 0 Å². The molecule has 1 aliphatic rings. The molecule has 72 valence electrons. The molecule has 0 spiro atoms. The summed E-state index contributed by atoms with van der Waals surface area (Å²) in [5.74, 6) is 1.48. The summed E-state index contributed by atoms with van der Waals surface area (Å²) in [4.78, 5) is 0. The third kappa shape index (κ3) is 2.56. The molecule has 13 heavy (non-hydrogen) atoms. The van der Waals surface area contributed by atoms with E-state index >= 15 is 0 Å². The van der Waals surface area contributed by atoms with E-state index in [1.807, 2.05) is 13.1 Å². The van der Waals surface area contributed by atoms with Crippen LogP contribution in [0.1, 0.15) is 13.3 Å². The first kappa shape index (κ1) is 10.3. The topological polar surface area (TPSA) is 12.0 Å². The van der Waals surface area contributed by atoms with Gasteiger partial charge >= 0.3 is 0 Å². The highest BCUT2D eigenvalue weighted by molar-refractivity contribution is 5.26. The van der Waals surface area contributed by atoms with Gasteiger partial charge in [0.25, 0.3) is 0 Å². The fourth-order valence-corrected chi connectivity index (χ4v) is 1.72. The number of hydrogen-bond donors (Lipinski definition) is 1. The molecule has 1 aliphatic carbocycles. The molecular formula is C12H19N. The quantitative estimate of drug-likeness (QED) is 0.636. The lowest BCUT2D eigenvalue weighted by molar-refractivity contribution is 0.527. The molecule has 1 nitrogen and oxygen atoms in total. The van der Waals surface area contributed by atoms with Crippen molar-refractivity contribution in [3.63, 3.8) is 0 Å². The van der Waals surface area contributed by atoms with Gasteiger partial charge in [-0.15, -0.1) is 0 Å². The van der Waals surface area contributed by atoms with Crippen LogP contribution in [0.5, 0.6) is 0 Å². The number of hydrogen-bond acceptors (Lipinski definition) is 1. The van der Waals surface area contributed by atoms with Crippen molar-refractivity contribution in [2.24, 2.45) is 11.8 Å². The second-order valence-corrected chi connectivity index (χ2v) is 3.75. The summed E-state index contributed by atoms with van der Waals surface area (Å²) in [7, 11) is 2.02. The Kier molecular flexibility index (Phi) is 3.49. The van der Waals surface area contributed by atoms with Crippen molar-refractivity contribution >= 4 is 0 Å². The Bertz CT molecular complexity index is 227. The van der Waals surface area contributed by atoms with Gasteiger partial charge in [0, 0.05) is 6.04 Å². The molecule has 0 aromatic carbocycles. The summed E-state index contributed by atoms with van der Waals surface area (Å²) in [5, 5.41) is 3.28. The van der Waals surface area contributed by atoms with E-state index in [1.54, 1.807) is 6.08 Å². The molecule has 0 aromatic rings. The van der Waals surface area contributed by atoms with E-state index in [1.165, 1.54) is 12.0 Å². The van der Waals surface area contributed by atoms with E-state index in [0.717, 1.165) is 5.92 Å². The molecule has 1 fully saturated rings. The lowest BCUT2D eigenvalue weighted by Gasteiger charge is -2.08. The van der Waals surface area contributed by atoms with Crippen molar-refractivity contribution in [3.05, 3.63) is 37.0 Å². The van der Waals surface area contributed by atoms with E-state index < -0.39 is 0 Å². The summed E-state index contributed by atoms with van der Waals surface area (Å²) in [6.07, 6.45) is 7.11. The molecule has 0 amide bonds. The Morgan fingerprint density at radius 2 is 2.31 bits per heavy atom. The fourth-order valence-electron chi connectivity index (χ4n) is 1.72. The van der Waals surface area contributed by atoms with E-state index in [0.29, 0.717) is 12.0 Å². The van der Waals surface area contributed by atoms with Gasteiger partial charge in [-0.3, -0.25) is 0 Å². The second-order valence-electron chi connectivity index (χ2n) is 3.75. The van der Waals surface area contributed by atoms with Crippen LogP contribution >= 0.6 is 0 Å². The summed E-state index contributed by atoms with van der Waals surface area (Å²) in [5.41, 5.74) is 1.24. The summed E-state index contributed by atoms with van der Waals surface area (Å²) >= 11 is 0. The summed E-state index contributed by atoms with van der Waals surface area (Å²) in [6.45, 7) is 9.93. The number of rotatable bonds is 5. The highest BCUT2D eigenvalue weighted by atomic mass is 14.9. The molecule has 1 heteroatoms. The smallest absolute Gasteiger partial charge is 0.00700 e. The minimum atomic E-state index is 0.610. The zero-order chi connectivity index (χ0) is 9.84. The molecule has 0 heterocycles. The van der Waals surface area contributed by atoms with Crippen LogP contribution in [0, 0.1) is 11.8 Å². The van der Waals surface area contributed by atoms with Gasteiger partial charge in [-0.1, -0.05) is 37.0 Å². The van der Waals surface area contributed by atoms with Gasteiger partial charge in [-0.25, -0.2) is 0 Å². The van der Waals surface area contributed by atoms with Crippen LogP contribution < -0.4 is 5.32 Å². The minimum absolute atomic E-state index is 0.610. The van der Waals surface area contributed by atoms with Gasteiger partial charge in [0.15, 0.2) is 0 Å². The third-order valence-electron chi connectivity index (χ3n) is 2.86. The Labute approximate surface area is 81.2 Å². The van der Waals surface area contributed by atoms with Crippen molar-refractivity contribution < 1.29 is 0 Å². The van der Waals surface area contributed by atoms with Gasteiger partial charge < -0.3 is 5.32 Å². The Hall–Kier alpha value is -0.820. The Balaban J connectivity index is 2.37. The van der Waals surface area contributed by atoms with Gasteiger partial charge in [0.1, 0.15) is 0 Å². The zero-order valence-corrected chi connectivity index (χ0v) is 8.59. The maximum absolute atomic E-state index is 4.06. The van der Waals surface area contributed by atoms with Gasteiger partial charge in [0.05, 0.1) is 0 Å². The lowest BCUT2D eigenvalue weighted by Crippen LogP contribution is -2.24. The highest BCUT2D eigenvalue weighted by Gasteiger charge is 2.41. The van der Waals surface area contributed by atoms with E-state index in [2.05, 4.69) is 31.5 Å². The second kappa shape index (κ2) is 4.43. The van der Waals surface area contributed by atoms with Gasteiger partial charge in [-0.2, -0.15) is 0 Å². The van der Waals surface area contributed by atoms with E-state index in [4.69, 9.17) is 0 Å². The Morgan fingerprint density at radius 1 is 1.62 bits per heavy atom. The number of allylic oxidation sites excluding steroid dienone is 4. The van der Waals surface area contributed by atoms with Crippen LogP contribution in [-0.2, 0) is 0 Å². The highest BCUT2D eigenvalue weighted by Crippen LogP contribution is 2.46. The van der Waals surface area contributed by atoms with Crippen molar-refractivity contribution in [1.29, 1.82) is 0 Å². The molecule has 1 N–H and O–H groups in total. The SMILES string of the molecule is C=C/C=C\C(=C)C1CC1C(C)NC. The first-order chi connectivity index (χ1) is 6.20. The lowest BCUT2D eigenvalue weighted by atomic mass is 10.1. The molecule has 1 saturated carbocycles. The normalized spacial score (nSPS) is 28.8. The standard InChI is InChI=1S/C12H19N/c1-5-6-7-9(2)11-8-12(11)10(3)13-4/h5-7,10-13H,1-2,8H2,3-4H3/b7-6-. The van der Waals surface area contributed by atoms with Crippen molar-refractivity contribution in [1.82, 2.24) is 5.32 Å². The maximum Gasteiger partial charge on any atom is 0.00700 e. The Morgan fingerprint density at radius 3 is 2.85 bits per heavy atom. The fraction of sp³-hybridized carbons (Fsp3) is 0.500. The van der Waals surface area contributed by atoms with Gasteiger partial charge in [0.2, 0.25) is 0 Å². The van der Waals surface area contributed by atoms with E-state index in [-0.39, 0.29) is 0 Å². The molecular weight excluding hydrogens is 158 g/mol. The van der Waals surface area contributed by atoms with E-state index in [9.17, 15) is 0 Å². The van der Waals surface area contributed by atoms with Crippen LogP contribution in [0.25, 0.3) is 0 Å². The molecule has 0 radical (unpaired) electrons. The predicted molar refractivity (Wildman–Crippen MR) is 58.6 cm³/mol. The van der Waals surface area contributed by atoms with Crippen LogP contribution in [-0.4, -0.2) is 13.1 Å². The largest absolute Gasteiger partial charge is 0.317 e. The molecule has 0 bridgehead atoms. The van der Waals surface area contributed by atoms with Crippen LogP contribution in [0.3, 0.4) is 0 Å². The zero-order valence-electron chi connectivity index (χ0n) is 8.59. The average Bonchev–Trinajstić information content (AvgIpc) is 2.92. The van der Waals surface area contributed by atoms with Crippen LogP contribution in [0.4, 0.5) is 0 Å². The molecule has 3 atom stereocenters. The van der Waals surface area contributed by atoms with Gasteiger partial charge in [-0.05, 0) is 32.2 Å². The average molecular weight is 177 g/mol. The minimum Gasteiger partial charge on any atom is -0.317 e. The number of nitrogens with one attached hydrogen (secondary N) is 1. The molecule has 1 rings (SSSR count). The van der Waals surface area contributed by atoms with Crippen LogP contribution in [0.15, 0.2) is 37.0 Å². The summed E-state index contributed by atoms with van der Waals surface area (Å²) in [6, 6.07) is 0.610. The first-order valence-electron chi connectivity index (χ1n) is 4.86. The van der Waals surface area contributed by atoms with Crippen molar-refractivity contribution in [2.45, 2.75) is 19.4 Å². The molecule has 3 unspecified atom stereocenters. The molecule has 0 saturated heterocycles. The van der Waals surface area contributed by atoms with Crippen molar-refractivity contribution in [2.75, 3.05) is 7.05 Å². The summed E-state index contributed by atoms with van der Waals surface area (Å²) < 4.78 is 0. The monoisotopic (exact) mass is 177 g/mol. The predicted octanol–water partition coefficient (Wildman–Crippen LogP) is 2.53.